The van der Waals surface area contributed by atoms with Crippen LogP contribution in [0.15, 0.2) is 142 Å². The van der Waals surface area contributed by atoms with Gasteiger partial charge < -0.3 is 13.4 Å². The first-order chi connectivity index (χ1) is 25.1. The van der Waals surface area contributed by atoms with Crippen molar-refractivity contribution in [3.63, 3.8) is 0 Å². The molecule has 3 heterocycles. The number of rotatable bonds is 6. The Morgan fingerprint density at radius 2 is 1.20 bits per heavy atom. The number of unbranched alkanes of at least 4 members (excludes halogenated alkanes) is 1. The van der Waals surface area contributed by atoms with Gasteiger partial charge in [-0.25, -0.2) is 0 Å². The lowest BCUT2D eigenvalue weighted by molar-refractivity contribution is 0.668. The number of hydrogen-bond donors (Lipinski definition) is 0. The van der Waals surface area contributed by atoms with Crippen molar-refractivity contribution < 1.29 is 8.83 Å². The minimum Gasteiger partial charge on any atom is -0.456 e. The van der Waals surface area contributed by atoms with Crippen LogP contribution in [-0.4, -0.2) is 4.57 Å². The van der Waals surface area contributed by atoms with Crippen LogP contribution in [0.2, 0.25) is 0 Å². The Morgan fingerprint density at radius 1 is 0.529 bits per heavy atom. The Morgan fingerprint density at radius 3 is 1.98 bits per heavy atom. The molecule has 7 aromatic carbocycles. The van der Waals surface area contributed by atoms with Gasteiger partial charge in [0.05, 0.1) is 11.0 Å². The van der Waals surface area contributed by atoms with Gasteiger partial charge in [0.25, 0.3) is 0 Å². The molecule has 0 fully saturated rings. The number of aromatic nitrogens is 1. The molecule has 0 atom stereocenters. The molecule has 0 N–H and O–H groups in total. The molecule has 246 valence electrons. The highest BCUT2D eigenvalue weighted by atomic mass is 16.3. The maximum absolute atomic E-state index is 7.00. The number of nitrogens with zero attached hydrogens (tertiary/aromatic N) is 1. The van der Waals surface area contributed by atoms with Gasteiger partial charge in [-0.2, -0.15) is 0 Å². The van der Waals surface area contributed by atoms with Crippen molar-refractivity contribution >= 4 is 65.7 Å². The summed E-state index contributed by atoms with van der Waals surface area (Å²) in [6.07, 6.45) is 3.34. The molecule has 3 heteroatoms. The number of para-hydroxylation sites is 3. The van der Waals surface area contributed by atoms with Gasteiger partial charge in [-0.05, 0) is 109 Å². The summed E-state index contributed by atoms with van der Waals surface area (Å²) in [4.78, 5) is 0. The molecule has 51 heavy (non-hydrogen) atoms. The van der Waals surface area contributed by atoms with Crippen LogP contribution in [-0.2, 0) is 6.42 Å². The molecule has 0 amide bonds. The zero-order chi connectivity index (χ0) is 34.2. The quantitative estimate of drug-likeness (QED) is 0.178. The normalized spacial score (nSPS) is 12.1. The van der Waals surface area contributed by atoms with Crippen molar-refractivity contribution in [1.82, 2.24) is 4.57 Å². The largest absolute Gasteiger partial charge is 0.456 e. The number of aryl methyl sites for hydroxylation is 3. The first-order valence-corrected chi connectivity index (χ1v) is 18.1. The molecule has 3 nitrogen and oxygen atoms in total. The molecule has 10 aromatic rings. The summed E-state index contributed by atoms with van der Waals surface area (Å²) in [7, 11) is 0. The number of hydrogen-bond acceptors (Lipinski definition) is 2. The van der Waals surface area contributed by atoms with E-state index in [4.69, 9.17) is 8.83 Å². The standard InChI is InChI=1S/C48H37NO2/c1-4-5-12-31-20-19-29(2)25-37(31)46-30(3)26-40-39-28-33(49-41-16-9-6-13-34(41)35-14-7-10-17-42(35)49)22-24-45(39)51-48(40)47(46)32-21-23-44-38(27-32)36-15-8-11-18-43(36)50-44/h6-11,13-28H,4-5,12H2,1-3H3. The Bertz CT molecular complexity index is 2930. The molecule has 0 aliphatic heterocycles. The Labute approximate surface area is 296 Å². The highest BCUT2D eigenvalue weighted by Crippen LogP contribution is 2.47. The summed E-state index contributed by atoms with van der Waals surface area (Å²) < 4.78 is 15.7. The molecule has 0 saturated heterocycles. The van der Waals surface area contributed by atoms with Gasteiger partial charge in [0.1, 0.15) is 22.3 Å². The van der Waals surface area contributed by atoms with E-state index < -0.39 is 0 Å². The molecular weight excluding hydrogens is 623 g/mol. The Kier molecular flexibility index (Phi) is 6.72. The maximum atomic E-state index is 7.00. The fraction of sp³-hybridized carbons (Fsp3) is 0.125. The molecular formula is C48H37NO2. The summed E-state index contributed by atoms with van der Waals surface area (Å²) in [6.45, 7) is 6.73. The van der Waals surface area contributed by atoms with Crippen molar-refractivity contribution in [2.24, 2.45) is 0 Å². The minimum atomic E-state index is 0.887. The second-order valence-electron chi connectivity index (χ2n) is 14.0. The van der Waals surface area contributed by atoms with Crippen molar-refractivity contribution in [3.05, 3.63) is 150 Å². The van der Waals surface area contributed by atoms with E-state index >= 15 is 0 Å². The molecule has 0 saturated carbocycles. The van der Waals surface area contributed by atoms with E-state index in [0.717, 1.165) is 80.0 Å². The topological polar surface area (TPSA) is 31.2 Å². The third-order valence-corrected chi connectivity index (χ3v) is 10.8. The lowest BCUT2D eigenvalue weighted by atomic mass is 9.85. The van der Waals surface area contributed by atoms with Gasteiger partial charge in [-0.1, -0.05) is 97.8 Å². The molecule has 0 aliphatic carbocycles. The predicted octanol–water partition coefficient (Wildman–Crippen LogP) is 13.9. The van der Waals surface area contributed by atoms with Gasteiger partial charge >= 0.3 is 0 Å². The van der Waals surface area contributed by atoms with Crippen LogP contribution in [0.25, 0.3) is 93.6 Å². The average molecular weight is 660 g/mol. The second kappa shape index (κ2) is 11.5. The lowest BCUT2D eigenvalue weighted by Gasteiger charge is -2.18. The van der Waals surface area contributed by atoms with E-state index in [9.17, 15) is 0 Å². The SMILES string of the molecule is CCCCc1ccc(C)cc1-c1c(C)cc2c(oc3ccc(-n4c5ccccc5c5ccccc54)cc32)c1-c1ccc2oc3ccccc3c2c1. The second-order valence-corrected chi connectivity index (χ2v) is 14.0. The van der Waals surface area contributed by atoms with Crippen LogP contribution in [0.1, 0.15) is 36.5 Å². The minimum absolute atomic E-state index is 0.887. The number of benzene rings is 7. The number of fused-ring (bicyclic) bond motifs is 9. The van der Waals surface area contributed by atoms with Gasteiger partial charge in [0, 0.05) is 43.6 Å². The van der Waals surface area contributed by atoms with Crippen LogP contribution in [0.4, 0.5) is 0 Å². The highest BCUT2D eigenvalue weighted by Gasteiger charge is 2.23. The van der Waals surface area contributed by atoms with Gasteiger partial charge in [0.2, 0.25) is 0 Å². The van der Waals surface area contributed by atoms with Crippen LogP contribution >= 0.6 is 0 Å². The van der Waals surface area contributed by atoms with Gasteiger partial charge in [-0.15, -0.1) is 0 Å². The molecule has 0 spiro atoms. The Balaban J connectivity index is 1.29. The molecule has 0 unspecified atom stereocenters. The van der Waals surface area contributed by atoms with E-state index in [2.05, 4.69) is 147 Å². The zero-order valence-electron chi connectivity index (χ0n) is 29.1. The molecule has 3 aromatic heterocycles. The fourth-order valence-corrected chi connectivity index (χ4v) is 8.39. The lowest BCUT2D eigenvalue weighted by Crippen LogP contribution is -1.97. The third kappa shape index (κ3) is 4.58. The van der Waals surface area contributed by atoms with Crippen LogP contribution in [0, 0.1) is 13.8 Å². The Hall–Kier alpha value is -6.06. The smallest absolute Gasteiger partial charge is 0.143 e. The summed E-state index contributed by atoms with van der Waals surface area (Å²) in [5, 5.41) is 7.00. The van der Waals surface area contributed by atoms with E-state index in [1.165, 1.54) is 49.6 Å². The first kappa shape index (κ1) is 29.8. The zero-order valence-corrected chi connectivity index (χ0v) is 29.1. The monoisotopic (exact) mass is 659 g/mol. The molecule has 0 bridgehead atoms. The van der Waals surface area contributed by atoms with Gasteiger partial charge in [-0.3, -0.25) is 0 Å². The van der Waals surface area contributed by atoms with Gasteiger partial charge in [0.15, 0.2) is 0 Å². The fourth-order valence-electron chi connectivity index (χ4n) is 8.39. The molecule has 0 aliphatic rings. The number of furan rings is 2. The van der Waals surface area contributed by atoms with E-state index in [1.807, 2.05) is 12.1 Å². The molecule has 0 radical (unpaired) electrons. The summed E-state index contributed by atoms with van der Waals surface area (Å²) in [6, 6.07) is 48.3. The van der Waals surface area contributed by atoms with Crippen molar-refractivity contribution in [1.29, 1.82) is 0 Å². The summed E-state index contributed by atoms with van der Waals surface area (Å²) in [5.41, 5.74) is 15.8. The molecule has 10 rings (SSSR count). The van der Waals surface area contributed by atoms with E-state index in [0.29, 0.717) is 0 Å². The summed E-state index contributed by atoms with van der Waals surface area (Å²) >= 11 is 0. The van der Waals surface area contributed by atoms with Crippen LogP contribution in [0.3, 0.4) is 0 Å². The average Bonchev–Trinajstić information content (AvgIpc) is 3.82. The maximum Gasteiger partial charge on any atom is 0.143 e. The van der Waals surface area contributed by atoms with Crippen LogP contribution < -0.4 is 0 Å². The summed E-state index contributed by atoms with van der Waals surface area (Å²) in [5.74, 6) is 0. The van der Waals surface area contributed by atoms with Crippen molar-refractivity contribution in [3.8, 4) is 27.9 Å². The predicted molar refractivity (Wildman–Crippen MR) is 214 cm³/mol. The highest BCUT2D eigenvalue weighted by molar-refractivity contribution is 6.16. The van der Waals surface area contributed by atoms with Crippen molar-refractivity contribution in [2.75, 3.05) is 0 Å². The third-order valence-electron chi connectivity index (χ3n) is 10.8. The van der Waals surface area contributed by atoms with Crippen LogP contribution in [0.5, 0.6) is 0 Å². The first-order valence-electron chi connectivity index (χ1n) is 18.1. The van der Waals surface area contributed by atoms with E-state index in [-0.39, 0.29) is 0 Å². The van der Waals surface area contributed by atoms with E-state index in [1.54, 1.807) is 0 Å². The van der Waals surface area contributed by atoms with Crippen molar-refractivity contribution in [2.45, 2.75) is 40.0 Å².